The van der Waals surface area contributed by atoms with Gasteiger partial charge in [0.05, 0.1) is 5.92 Å². The van der Waals surface area contributed by atoms with Crippen LogP contribution >= 0.6 is 0 Å². The van der Waals surface area contributed by atoms with Crippen LogP contribution in [0.3, 0.4) is 0 Å². The number of hydrogen-bond acceptors (Lipinski definition) is 3. The number of carboxylic acids is 1. The lowest BCUT2D eigenvalue weighted by Gasteiger charge is -2.37. The van der Waals surface area contributed by atoms with Gasteiger partial charge in [-0.05, 0) is 11.6 Å². The van der Waals surface area contributed by atoms with Gasteiger partial charge in [0.25, 0.3) is 0 Å². The summed E-state index contributed by atoms with van der Waals surface area (Å²) in [7, 11) is 0. The summed E-state index contributed by atoms with van der Waals surface area (Å²) >= 11 is 0. The molecule has 1 saturated heterocycles. The Bertz CT molecular complexity index is 415. The van der Waals surface area contributed by atoms with Gasteiger partial charge in [-0.25, -0.2) is 0 Å². The van der Waals surface area contributed by atoms with E-state index in [4.69, 9.17) is 9.84 Å². The summed E-state index contributed by atoms with van der Waals surface area (Å²) in [6, 6.07) is 8.08. The summed E-state index contributed by atoms with van der Waals surface area (Å²) in [4.78, 5) is 12.8. The number of nitrogens with zero attached hydrogens (tertiary/aromatic N) is 1. The van der Waals surface area contributed by atoms with Crippen LogP contribution in [-0.4, -0.2) is 41.7 Å². The lowest BCUT2D eigenvalue weighted by molar-refractivity contribution is -0.148. The molecule has 0 radical (unpaired) electrons. The Morgan fingerprint density at radius 3 is 2.88 bits per heavy atom. The highest BCUT2D eigenvalue weighted by Crippen LogP contribution is 2.29. The Morgan fingerprint density at radius 1 is 1.41 bits per heavy atom. The van der Waals surface area contributed by atoms with E-state index in [1.807, 2.05) is 18.2 Å². The van der Waals surface area contributed by atoms with Crippen LogP contribution in [0.25, 0.3) is 0 Å². The highest BCUT2D eigenvalue weighted by atomic mass is 16.5. The number of fused-ring (bicyclic) bond motifs is 1. The van der Waals surface area contributed by atoms with E-state index < -0.39 is 5.97 Å². The molecule has 1 atom stereocenters. The average molecular weight is 233 g/mol. The lowest BCUT2D eigenvalue weighted by Crippen LogP contribution is -2.53. The Hall–Kier alpha value is -1.55. The van der Waals surface area contributed by atoms with E-state index in [9.17, 15) is 4.79 Å². The summed E-state index contributed by atoms with van der Waals surface area (Å²) in [6.07, 6.45) is 1.12. The van der Waals surface area contributed by atoms with E-state index in [0.717, 1.165) is 18.7 Å². The minimum Gasteiger partial charge on any atom is -0.488 e. The second-order valence-electron chi connectivity index (χ2n) is 4.81. The molecule has 1 fully saturated rings. The number of ether oxygens (including phenoxy) is 1. The zero-order chi connectivity index (χ0) is 11.8. The maximum absolute atomic E-state index is 10.7. The van der Waals surface area contributed by atoms with Gasteiger partial charge in [0.2, 0.25) is 0 Å². The third-order valence-electron chi connectivity index (χ3n) is 3.48. The Balaban J connectivity index is 1.52. The monoisotopic (exact) mass is 233 g/mol. The third kappa shape index (κ3) is 2.00. The molecular formula is C13H15NO3. The zero-order valence-electron chi connectivity index (χ0n) is 9.50. The van der Waals surface area contributed by atoms with Crippen LogP contribution in [-0.2, 0) is 11.2 Å². The van der Waals surface area contributed by atoms with Crippen LogP contribution in [0.4, 0.5) is 0 Å². The molecule has 2 heterocycles. The fraction of sp³-hybridized carbons (Fsp3) is 0.462. The summed E-state index contributed by atoms with van der Waals surface area (Å²) in [5, 5.41) is 8.80. The highest BCUT2D eigenvalue weighted by molar-refractivity contribution is 5.71. The van der Waals surface area contributed by atoms with E-state index >= 15 is 0 Å². The fourth-order valence-corrected chi connectivity index (χ4v) is 2.52. The molecule has 17 heavy (non-hydrogen) atoms. The van der Waals surface area contributed by atoms with Crippen LogP contribution in [0.1, 0.15) is 5.56 Å². The third-order valence-corrected chi connectivity index (χ3v) is 3.48. The maximum atomic E-state index is 10.7. The quantitative estimate of drug-likeness (QED) is 0.846. The molecule has 0 saturated carbocycles. The van der Waals surface area contributed by atoms with Crippen molar-refractivity contribution in [3.63, 3.8) is 0 Å². The van der Waals surface area contributed by atoms with Gasteiger partial charge < -0.3 is 9.84 Å². The number of rotatable bonds is 3. The molecule has 0 spiro atoms. The zero-order valence-corrected chi connectivity index (χ0v) is 9.50. The van der Waals surface area contributed by atoms with Crippen molar-refractivity contribution in [1.82, 2.24) is 4.90 Å². The number of likely N-dealkylation sites (tertiary alicyclic amines) is 1. The highest BCUT2D eigenvalue weighted by Gasteiger charge is 2.35. The van der Waals surface area contributed by atoms with Crippen molar-refractivity contribution >= 4 is 5.97 Å². The summed E-state index contributed by atoms with van der Waals surface area (Å²) in [6.45, 7) is 2.15. The Kier molecular flexibility index (Phi) is 2.52. The first-order valence-electron chi connectivity index (χ1n) is 5.92. The van der Waals surface area contributed by atoms with Gasteiger partial charge in [0, 0.05) is 26.1 Å². The second-order valence-corrected chi connectivity index (χ2v) is 4.81. The van der Waals surface area contributed by atoms with Gasteiger partial charge in [0.15, 0.2) is 0 Å². The molecule has 90 valence electrons. The largest absolute Gasteiger partial charge is 0.488 e. The predicted molar refractivity (Wildman–Crippen MR) is 62.1 cm³/mol. The number of aliphatic carboxylic acids is 1. The van der Waals surface area contributed by atoms with Crippen molar-refractivity contribution in [2.24, 2.45) is 5.92 Å². The number of carbonyl (C=O) groups is 1. The number of benzene rings is 1. The van der Waals surface area contributed by atoms with E-state index in [-0.39, 0.29) is 12.0 Å². The molecule has 1 unspecified atom stereocenters. The van der Waals surface area contributed by atoms with Gasteiger partial charge in [-0.15, -0.1) is 0 Å². The normalized spacial score (nSPS) is 23.9. The minimum absolute atomic E-state index is 0.182. The maximum Gasteiger partial charge on any atom is 0.309 e. The molecule has 2 aliphatic rings. The van der Waals surface area contributed by atoms with Crippen LogP contribution in [0, 0.1) is 5.92 Å². The van der Waals surface area contributed by atoms with Crippen molar-refractivity contribution in [3.8, 4) is 5.75 Å². The molecule has 1 aromatic rings. The molecular weight excluding hydrogens is 218 g/mol. The van der Waals surface area contributed by atoms with Crippen LogP contribution in [0.2, 0.25) is 0 Å². The van der Waals surface area contributed by atoms with Gasteiger partial charge in [-0.1, -0.05) is 18.2 Å². The molecule has 0 amide bonds. The molecule has 0 bridgehead atoms. The topological polar surface area (TPSA) is 49.8 Å². The summed E-state index contributed by atoms with van der Waals surface area (Å²) < 4.78 is 5.82. The molecule has 3 rings (SSSR count). The van der Waals surface area contributed by atoms with Crippen LogP contribution < -0.4 is 4.74 Å². The minimum atomic E-state index is -0.683. The Morgan fingerprint density at radius 2 is 2.18 bits per heavy atom. The first-order valence-corrected chi connectivity index (χ1v) is 5.92. The second kappa shape index (κ2) is 4.04. The van der Waals surface area contributed by atoms with E-state index in [1.165, 1.54) is 5.56 Å². The molecule has 0 aromatic heterocycles. The average Bonchev–Trinajstić information content (AvgIpc) is 2.64. The predicted octanol–water partition coefficient (Wildman–Crippen LogP) is 1.01. The van der Waals surface area contributed by atoms with Crippen molar-refractivity contribution in [3.05, 3.63) is 29.8 Å². The lowest BCUT2D eigenvalue weighted by atomic mass is 9.99. The molecule has 1 aromatic carbocycles. The molecule has 1 N–H and O–H groups in total. The summed E-state index contributed by atoms with van der Waals surface area (Å²) in [5.41, 5.74) is 1.26. The van der Waals surface area contributed by atoms with E-state index in [2.05, 4.69) is 11.0 Å². The molecule has 4 heteroatoms. The van der Waals surface area contributed by atoms with Gasteiger partial charge >= 0.3 is 5.97 Å². The van der Waals surface area contributed by atoms with E-state index in [0.29, 0.717) is 13.1 Å². The molecule has 0 aliphatic carbocycles. The number of hydrogen-bond donors (Lipinski definition) is 1. The smallest absolute Gasteiger partial charge is 0.309 e. The van der Waals surface area contributed by atoms with E-state index in [1.54, 1.807) is 0 Å². The van der Waals surface area contributed by atoms with Crippen molar-refractivity contribution in [2.75, 3.05) is 19.6 Å². The molecule has 2 aliphatic heterocycles. The molecule has 4 nitrogen and oxygen atoms in total. The fourth-order valence-electron chi connectivity index (χ4n) is 2.52. The summed E-state index contributed by atoms with van der Waals surface area (Å²) in [5.74, 6) is 0.114. The number of carboxylic acid groups (broad SMARTS) is 1. The SMILES string of the molecule is O=C(O)C1CN(CC2Cc3ccccc3O2)C1. The first-order chi connectivity index (χ1) is 8.22. The van der Waals surface area contributed by atoms with Crippen LogP contribution in [0.5, 0.6) is 5.75 Å². The standard InChI is InChI=1S/C13H15NO3/c15-13(16)10-6-14(7-10)8-11-5-9-3-1-2-4-12(9)17-11/h1-4,10-11H,5-8H2,(H,15,16). The van der Waals surface area contributed by atoms with Gasteiger partial charge in [0.1, 0.15) is 11.9 Å². The van der Waals surface area contributed by atoms with Crippen molar-refractivity contribution < 1.29 is 14.6 Å². The number of para-hydroxylation sites is 1. The Labute approximate surface area is 99.8 Å². The van der Waals surface area contributed by atoms with Crippen molar-refractivity contribution in [2.45, 2.75) is 12.5 Å². The van der Waals surface area contributed by atoms with Crippen LogP contribution in [0.15, 0.2) is 24.3 Å². The van der Waals surface area contributed by atoms with Crippen molar-refractivity contribution in [1.29, 1.82) is 0 Å². The first kappa shape index (κ1) is 10.6. The van der Waals surface area contributed by atoms with Gasteiger partial charge in [-0.3, -0.25) is 9.69 Å². The van der Waals surface area contributed by atoms with Gasteiger partial charge in [-0.2, -0.15) is 0 Å².